The van der Waals surface area contributed by atoms with Crippen LogP contribution in [0.4, 0.5) is 5.69 Å². The van der Waals surface area contributed by atoms with E-state index < -0.39 is 57.9 Å². The van der Waals surface area contributed by atoms with E-state index in [4.69, 9.17) is 23.7 Å². The number of aliphatic hydroxyl groups is 1. The average molecular weight is 823 g/mol. The summed E-state index contributed by atoms with van der Waals surface area (Å²) in [5, 5.41) is 14.3. The largest absolute Gasteiger partial charge is 0.496 e. The van der Waals surface area contributed by atoms with Crippen molar-refractivity contribution in [3.63, 3.8) is 0 Å². The number of rotatable bonds is 8. The maximum absolute atomic E-state index is 15.4. The number of esters is 3. The number of anilines is 1. The zero-order valence-electron chi connectivity index (χ0n) is 35.1. The predicted octanol–water partition coefficient (Wildman–Crippen LogP) is 3.53. The number of methoxy groups -OCH3 is 3. The van der Waals surface area contributed by atoms with Gasteiger partial charge >= 0.3 is 17.9 Å². The molecule has 60 heavy (non-hydrogen) atoms. The third-order valence-electron chi connectivity index (χ3n) is 15.9. The molecule has 6 aliphatic heterocycles. The van der Waals surface area contributed by atoms with E-state index in [1.165, 1.54) is 26.0 Å². The second kappa shape index (κ2) is 13.4. The number of hydrogen-bond donors (Lipinski definition) is 2. The lowest BCUT2D eigenvalue weighted by Crippen LogP contribution is -2.81. The molecule has 2 bridgehead atoms. The van der Waals surface area contributed by atoms with Crippen LogP contribution in [-0.4, -0.2) is 134 Å². The summed E-state index contributed by atoms with van der Waals surface area (Å²) < 4.78 is 30.4. The maximum Gasteiger partial charge on any atom is 0.344 e. The van der Waals surface area contributed by atoms with Gasteiger partial charge in [-0.2, -0.15) is 0 Å². The molecule has 3 aromatic rings. The Bertz CT molecular complexity index is 2360. The number of nitrogens with zero attached hydrogens (tertiary/aromatic N) is 3. The Morgan fingerprint density at radius 2 is 1.80 bits per heavy atom. The van der Waals surface area contributed by atoms with Crippen LogP contribution in [-0.2, 0) is 55.4 Å². The molecule has 11 atom stereocenters. The van der Waals surface area contributed by atoms with Crippen LogP contribution in [0.2, 0.25) is 0 Å². The number of ether oxygens (including phenoxy) is 5. The fourth-order valence-electron chi connectivity index (χ4n) is 13.7. The van der Waals surface area contributed by atoms with Crippen LogP contribution >= 0.6 is 0 Å². The van der Waals surface area contributed by atoms with E-state index in [9.17, 15) is 19.5 Å². The summed E-state index contributed by atoms with van der Waals surface area (Å²) in [6, 6.07) is 10.2. The molecule has 14 nitrogen and oxygen atoms in total. The summed E-state index contributed by atoms with van der Waals surface area (Å²) in [5.41, 5.74) is -2.15. The number of carbonyl (C=O) groups is 4. The van der Waals surface area contributed by atoms with Crippen molar-refractivity contribution in [3.8, 4) is 5.75 Å². The highest BCUT2D eigenvalue weighted by molar-refractivity contribution is 5.96. The van der Waals surface area contributed by atoms with Gasteiger partial charge in [0, 0.05) is 84.1 Å². The highest BCUT2D eigenvalue weighted by Crippen LogP contribution is 2.68. The molecule has 1 aliphatic carbocycles. The number of hydrogen-bond acceptors (Lipinski definition) is 12. The maximum atomic E-state index is 15.4. The first-order chi connectivity index (χ1) is 28.9. The van der Waals surface area contributed by atoms with Gasteiger partial charge in [-0.1, -0.05) is 44.2 Å². The number of amides is 1. The van der Waals surface area contributed by atoms with Crippen molar-refractivity contribution in [2.45, 2.75) is 99.2 Å². The van der Waals surface area contributed by atoms with Gasteiger partial charge in [0.2, 0.25) is 12.0 Å². The van der Waals surface area contributed by atoms with Gasteiger partial charge in [-0.15, -0.1) is 0 Å². The van der Waals surface area contributed by atoms with E-state index in [1.54, 1.807) is 13.2 Å². The Hall–Kier alpha value is -4.76. The van der Waals surface area contributed by atoms with Gasteiger partial charge in [0.15, 0.2) is 6.10 Å². The number of nitrogens with one attached hydrogen (secondary N) is 1. The lowest BCUT2D eigenvalue weighted by atomic mass is 9.47. The predicted molar refractivity (Wildman–Crippen MR) is 219 cm³/mol. The van der Waals surface area contributed by atoms with E-state index in [2.05, 4.69) is 27.8 Å². The Morgan fingerprint density at radius 1 is 1.02 bits per heavy atom. The Balaban J connectivity index is 1.29. The number of para-hydroxylation sites is 1. The topological polar surface area (TPSA) is 163 Å². The van der Waals surface area contributed by atoms with E-state index >= 15 is 4.79 Å². The highest BCUT2D eigenvalue weighted by Gasteiger charge is 2.81. The standard InChI is InChI=1S/C46H54N4O10/c1-7-42-15-11-17-49-19-16-44(37(42)49)30-20-31(34(56-4)21-33(30)50(25-51)38(44)46(55,41(54)58-6)39(42)59-26(3)52)45(40(53)57-5)22-27-23-48(24-43(8-2)36(27)60-43)18-14-29-28-12-9-10-13-32(28)47-35(29)45/h9-13,15,20-21,25,27,36-39,47,55H,7-8,14,16-19,22-24H2,1-6H3. The molecule has 2 N–H and O–H groups in total. The summed E-state index contributed by atoms with van der Waals surface area (Å²) in [5.74, 6) is -1.87. The second-order valence-electron chi connectivity index (χ2n) is 18.2. The number of piperidine rings is 1. The normalized spacial score (nSPS) is 38.2. The number of aromatic amines is 1. The molecule has 318 valence electrons. The molecular weight excluding hydrogens is 769 g/mol. The van der Waals surface area contributed by atoms with Gasteiger partial charge in [0.25, 0.3) is 0 Å². The number of H-pyrrole nitrogens is 1. The molecule has 0 radical (unpaired) electrons. The molecule has 3 saturated heterocycles. The summed E-state index contributed by atoms with van der Waals surface area (Å²) in [7, 11) is 4.15. The van der Waals surface area contributed by atoms with E-state index in [0.717, 1.165) is 48.2 Å². The summed E-state index contributed by atoms with van der Waals surface area (Å²) >= 11 is 0. The van der Waals surface area contributed by atoms with Crippen molar-refractivity contribution in [1.29, 1.82) is 0 Å². The molecule has 11 unspecified atom stereocenters. The third-order valence-corrected chi connectivity index (χ3v) is 15.9. The summed E-state index contributed by atoms with van der Waals surface area (Å²) in [6.07, 6.45) is 5.84. The monoisotopic (exact) mass is 822 g/mol. The molecule has 1 aromatic heterocycles. The number of aromatic nitrogens is 1. The number of epoxide rings is 1. The SMILES string of the molecule is CCC12CN3CCc4c([nH]c5ccccc45)C(C(=O)OC)(c4cc5c(cc4OC)N(C=O)C4C(O)(C(=O)OC)C(OC(C)=O)C6(CC)C=CCN7CCC54C76)CC(C3)C1O2. The van der Waals surface area contributed by atoms with Crippen LogP contribution in [0.15, 0.2) is 48.6 Å². The second-order valence-corrected chi connectivity index (χ2v) is 18.2. The molecule has 2 aromatic carbocycles. The van der Waals surface area contributed by atoms with Gasteiger partial charge in [0.1, 0.15) is 16.8 Å². The molecule has 7 aliphatic rings. The van der Waals surface area contributed by atoms with Gasteiger partial charge in [0.05, 0.1) is 39.2 Å². The van der Waals surface area contributed by atoms with Crippen LogP contribution in [0.5, 0.6) is 5.75 Å². The lowest BCUT2D eigenvalue weighted by molar-refractivity contribution is -0.228. The minimum Gasteiger partial charge on any atom is -0.496 e. The third kappa shape index (κ3) is 4.73. The summed E-state index contributed by atoms with van der Waals surface area (Å²) in [4.78, 5) is 66.5. The van der Waals surface area contributed by atoms with Crippen LogP contribution in [0.1, 0.15) is 68.8 Å². The zero-order valence-corrected chi connectivity index (χ0v) is 35.1. The molecule has 7 heterocycles. The zero-order chi connectivity index (χ0) is 42.1. The fraction of sp³-hybridized carbons (Fsp3) is 0.565. The Morgan fingerprint density at radius 3 is 2.50 bits per heavy atom. The Kier molecular flexibility index (Phi) is 8.77. The molecule has 1 amide bonds. The van der Waals surface area contributed by atoms with Crippen LogP contribution in [0, 0.1) is 11.3 Å². The van der Waals surface area contributed by atoms with Crippen LogP contribution in [0.25, 0.3) is 10.9 Å². The van der Waals surface area contributed by atoms with Crippen molar-refractivity contribution >= 4 is 40.9 Å². The van der Waals surface area contributed by atoms with Crippen LogP contribution < -0.4 is 9.64 Å². The molecule has 1 saturated carbocycles. The first-order valence-electron chi connectivity index (χ1n) is 21.3. The molecule has 10 rings (SSSR count). The lowest BCUT2D eigenvalue weighted by Gasteiger charge is -2.63. The number of fused-ring (bicyclic) bond motifs is 8. The quantitative estimate of drug-likeness (QED) is 0.112. The van der Waals surface area contributed by atoms with Crippen molar-refractivity contribution in [2.24, 2.45) is 11.3 Å². The highest BCUT2D eigenvalue weighted by atomic mass is 16.6. The van der Waals surface area contributed by atoms with E-state index in [-0.39, 0.29) is 17.6 Å². The average Bonchev–Trinajstić information content (AvgIpc) is 3.53. The minimum atomic E-state index is -2.52. The molecule has 4 fully saturated rings. The van der Waals surface area contributed by atoms with Crippen molar-refractivity contribution < 1.29 is 48.0 Å². The minimum absolute atomic E-state index is 0.0585. The van der Waals surface area contributed by atoms with Gasteiger partial charge in [-0.25, -0.2) is 4.79 Å². The van der Waals surface area contributed by atoms with Crippen molar-refractivity contribution in [2.75, 3.05) is 59.0 Å². The number of carbonyl (C=O) groups excluding carboxylic acids is 4. The fourth-order valence-corrected chi connectivity index (χ4v) is 13.7. The Labute approximate surface area is 349 Å². The first-order valence-corrected chi connectivity index (χ1v) is 21.3. The smallest absolute Gasteiger partial charge is 0.344 e. The van der Waals surface area contributed by atoms with E-state index in [0.29, 0.717) is 67.7 Å². The molecular formula is C46H54N4O10. The van der Waals surface area contributed by atoms with Gasteiger partial charge < -0.3 is 38.7 Å². The molecule has 14 heteroatoms. The first kappa shape index (κ1) is 39.4. The molecule has 1 spiro atoms. The number of benzene rings is 2. The van der Waals surface area contributed by atoms with Crippen LogP contribution in [0.3, 0.4) is 0 Å². The van der Waals surface area contributed by atoms with Crippen molar-refractivity contribution in [1.82, 2.24) is 14.8 Å². The van der Waals surface area contributed by atoms with Crippen molar-refractivity contribution in [3.05, 3.63) is 70.9 Å². The van der Waals surface area contributed by atoms with E-state index in [1.807, 2.05) is 43.3 Å². The van der Waals surface area contributed by atoms with Gasteiger partial charge in [-0.3, -0.25) is 24.2 Å². The summed E-state index contributed by atoms with van der Waals surface area (Å²) in [6.45, 7) is 8.86. The van der Waals surface area contributed by atoms with Gasteiger partial charge in [-0.05, 0) is 61.9 Å².